The molecule has 0 unspecified atom stereocenters. The third-order valence-corrected chi connectivity index (χ3v) is 6.13. The number of halogens is 1. The smallest absolute Gasteiger partial charge is 0.242 e. The molecule has 4 nitrogen and oxygen atoms in total. The minimum atomic E-state index is -0.491. The lowest BCUT2D eigenvalue weighted by molar-refractivity contribution is -0.137. The zero-order valence-corrected chi connectivity index (χ0v) is 19.3. The molecular weight excluding hydrogens is 416 g/mol. The zero-order chi connectivity index (χ0) is 21.8. The predicted molar refractivity (Wildman–Crippen MR) is 127 cm³/mol. The van der Waals surface area contributed by atoms with Crippen molar-refractivity contribution < 1.29 is 9.59 Å². The molecule has 0 spiro atoms. The summed E-state index contributed by atoms with van der Waals surface area (Å²) in [4.78, 5) is 27.3. The van der Waals surface area contributed by atoms with Crippen molar-refractivity contribution in [2.45, 2.75) is 44.9 Å². The predicted octanol–water partition coefficient (Wildman–Crippen LogP) is 4.95. The minimum Gasteiger partial charge on any atom is -0.354 e. The molecule has 0 saturated heterocycles. The fraction of sp³-hybridized carbons (Fsp3) is 0.417. The number of nitrogens with one attached hydrogen (secondary N) is 1. The van der Waals surface area contributed by atoms with E-state index in [9.17, 15) is 9.59 Å². The van der Waals surface area contributed by atoms with Gasteiger partial charge >= 0.3 is 0 Å². The number of hydrogen-bond acceptors (Lipinski definition) is 3. The Morgan fingerprint density at radius 2 is 1.77 bits per heavy atom. The number of amides is 2. The summed E-state index contributed by atoms with van der Waals surface area (Å²) < 4.78 is 0. The van der Waals surface area contributed by atoms with E-state index < -0.39 is 6.04 Å². The first-order valence-electron chi connectivity index (χ1n) is 10.4. The fourth-order valence-electron chi connectivity index (χ4n) is 3.03. The van der Waals surface area contributed by atoms with Crippen LogP contribution in [0.15, 0.2) is 54.6 Å². The highest BCUT2D eigenvalue weighted by molar-refractivity contribution is 7.99. The van der Waals surface area contributed by atoms with E-state index in [1.54, 1.807) is 16.7 Å². The van der Waals surface area contributed by atoms with Crippen LogP contribution >= 0.6 is 23.4 Å². The van der Waals surface area contributed by atoms with Crippen LogP contribution in [0.3, 0.4) is 0 Å². The number of benzene rings is 2. The molecule has 0 aromatic heterocycles. The van der Waals surface area contributed by atoms with Crippen molar-refractivity contribution in [2.75, 3.05) is 18.8 Å². The Hall–Kier alpha value is -1.98. The van der Waals surface area contributed by atoms with E-state index in [1.807, 2.05) is 61.5 Å². The molecule has 1 N–H and O–H groups in total. The molecule has 6 heteroatoms. The molecule has 0 radical (unpaired) electrons. The van der Waals surface area contributed by atoms with Crippen molar-refractivity contribution in [3.05, 3.63) is 70.7 Å². The third-order valence-electron chi connectivity index (χ3n) is 4.89. The van der Waals surface area contributed by atoms with Crippen LogP contribution in [-0.4, -0.2) is 41.6 Å². The zero-order valence-electron chi connectivity index (χ0n) is 17.8. The molecule has 0 heterocycles. The van der Waals surface area contributed by atoms with Gasteiger partial charge in [-0.2, -0.15) is 0 Å². The number of carbonyl (C=O) groups is 2. The fourth-order valence-corrected chi connectivity index (χ4v) is 4.02. The van der Waals surface area contributed by atoms with E-state index in [2.05, 4.69) is 12.2 Å². The Bertz CT molecular complexity index is 784. The van der Waals surface area contributed by atoms with Crippen LogP contribution in [-0.2, 0) is 21.8 Å². The van der Waals surface area contributed by atoms with Crippen molar-refractivity contribution in [3.8, 4) is 0 Å². The average Bonchev–Trinajstić information content (AvgIpc) is 2.76. The lowest BCUT2D eigenvalue weighted by atomic mass is 10.1. The SMILES string of the molecule is CCCCNC(=O)[C@@H](C)N(CCc1ccccc1)C(=O)CSCc1ccc(Cl)cc1. The number of hydrogen-bond donors (Lipinski definition) is 1. The van der Waals surface area contributed by atoms with Gasteiger partial charge in [0.05, 0.1) is 5.75 Å². The van der Waals surface area contributed by atoms with Gasteiger partial charge in [0.25, 0.3) is 0 Å². The molecular formula is C24H31ClN2O2S. The van der Waals surface area contributed by atoms with Crippen LogP contribution in [0.2, 0.25) is 5.02 Å². The maximum Gasteiger partial charge on any atom is 0.242 e. The molecule has 2 amide bonds. The van der Waals surface area contributed by atoms with Crippen LogP contribution in [0.4, 0.5) is 0 Å². The molecule has 0 aliphatic heterocycles. The van der Waals surface area contributed by atoms with Crippen LogP contribution in [0.1, 0.15) is 37.8 Å². The molecule has 0 fully saturated rings. The van der Waals surface area contributed by atoms with E-state index >= 15 is 0 Å². The number of carbonyl (C=O) groups excluding carboxylic acids is 2. The van der Waals surface area contributed by atoms with E-state index in [4.69, 9.17) is 11.6 Å². The first-order chi connectivity index (χ1) is 14.5. The Morgan fingerprint density at radius 1 is 1.07 bits per heavy atom. The first-order valence-corrected chi connectivity index (χ1v) is 12.0. The summed E-state index contributed by atoms with van der Waals surface area (Å²) in [7, 11) is 0. The highest BCUT2D eigenvalue weighted by atomic mass is 35.5. The van der Waals surface area contributed by atoms with Gasteiger partial charge in [-0.3, -0.25) is 9.59 Å². The van der Waals surface area contributed by atoms with Gasteiger partial charge in [0, 0.05) is 23.9 Å². The maximum absolute atomic E-state index is 13.0. The summed E-state index contributed by atoms with van der Waals surface area (Å²) in [5, 5.41) is 3.66. The second kappa shape index (κ2) is 13.3. The van der Waals surface area contributed by atoms with Crippen LogP contribution in [0.25, 0.3) is 0 Å². The number of unbranched alkanes of at least 4 members (excludes halogenated alkanes) is 1. The Balaban J connectivity index is 1.96. The van der Waals surface area contributed by atoms with Gasteiger partial charge in [-0.1, -0.05) is 67.4 Å². The van der Waals surface area contributed by atoms with Crippen LogP contribution in [0, 0.1) is 0 Å². The van der Waals surface area contributed by atoms with Gasteiger partial charge in [0.2, 0.25) is 11.8 Å². The summed E-state index contributed by atoms with van der Waals surface area (Å²) in [5.41, 5.74) is 2.28. The van der Waals surface area contributed by atoms with Gasteiger partial charge in [-0.15, -0.1) is 11.8 Å². The molecule has 30 heavy (non-hydrogen) atoms. The lowest BCUT2D eigenvalue weighted by Gasteiger charge is -2.28. The minimum absolute atomic E-state index is 0.0111. The summed E-state index contributed by atoms with van der Waals surface area (Å²) in [6.45, 7) is 5.07. The Labute approximate surface area is 189 Å². The molecule has 0 aliphatic rings. The monoisotopic (exact) mass is 446 g/mol. The third kappa shape index (κ3) is 8.41. The topological polar surface area (TPSA) is 49.4 Å². The van der Waals surface area contributed by atoms with Crippen LogP contribution in [0.5, 0.6) is 0 Å². The highest BCUT2D eigenvalue weighted by Gasteiger charge is 2.25. The number of rotatable bonds is 12. The van der Waals surface area contributed by atoms with E-state index in [0.29, 0.717) is 23.9 Å². The van der Waals surface area contributed by atoms with Gasteiger partial charge < -0.3 is 10.2 Å². The normalized spacial score (nSPS) is 11.7. The average molecular weight is 447 g/mol. The molecule has 2 aromatic carbocycles. The summed E-state index contributed by atoms with van der Waals surface area (Å²) in [6, 6.07) is 17.2. The lowest BCUT2D eigenvalue weighted by Crippen LogP contribution is -2.49. The van der Waals surface area contributed by atoms with Crippen molar-refractivity contribution in [1.82, 2.24) is 10.2 Å². The molecule has 0 bridgehead atoms. The van der Waals surface area contributed by atoms with Crippen molar-refractivity contribution >= 4 is 35.2 Å². The van der Waals surface area contributed by atoms with E-state index in [1.165, 1.54) is 0 Å². The van der Waals surface area contributed by atoms with Gasteiger partial charge in [0.15, 0.2) is 0 Å². The maximum atomic E-state index is 13.0. The van der Waals surface area contributed by atoms with E-state index in [0.717, 1.165) is 36.1 Å². The highest BCUT2D eigenvalue weighted by Crippen LogP contribution is 2.17. The van der Waals surface area contributed by atoms with Gasteiger partial charge in [-0.25, -0.2) is 0 Å². The molecule has 2 aromatic rings. The standard InChI is InChI=1S/C24H31ClN2O2S/c1-3-4-15-26-24(29)19(2)27(16-14-20-8-6-5-7-9-20)23(28)18-30-17-21-10-12-22(25)13-11-21/h5-13,19H,3-4,14-18H2,1-2H3,(H,26,29)/t19-/m1/s1. The van der Waals surface area contributed by atoms with Crippen molar-refractivity contribution in [3.63, 3.8) is 0 Å². The second-order valence-corrected chi connectivity index (χ2v) is 8.68. The van der Waals surface area contributed by atoms with Crippen molar-refractivity contribution in [1.29, 1.82) is 0 Å². The molecule has 2 rings (SSSR count). The number of thioether (sulfide) groups is 1. The Morgan fingerprint density at radius 3 is 2.43 bits per heavy atom. The van der Waals surface area contributed by atoms with Gasteiger partial charge in [-0.05, 0) is 43.0 Å². The Kier molecular flexibility index (Phi) is 10.8. The molecule has 162 valence electrons. The summed E-state index contributed by atoms with van der Waals surface area (Å²) >= 11 is 7.48. The molecule has 0 aliphatic carbocycles. The number of nitrogens with zero attached hydrogens (tertiary/aromatic N) is 1. The summed E-state index contributed by atoms with van der Waals surface area (Å²) in [6.07, 6.45) is 2.68. The molecule has 0 saturated carbocycles. The summed E-state index contributed by atoms with van der Waals surface area (Å²) in [5.74, 6) is 0.965. The largest absolute Gasteiger partial charge is 0.354 e. The quantitative estimate of drug-likeness (QED) is 0.469. The van der Waals surface area contributed by atoms with Crippen molar-refractivity contribution in [2.24, 2.45) is 0 Å². The first kappa shape index (κ1) is 24.3. The van der Waals surface area contributed by atoms with Crippen LogP contribution < -0.4 is 5.32 Å². The second-order valence-electron chi connectivity index (χ2n) is 7.26. The van der Waals surface area contributed by atoms with E-state index in [-0.39, 0.29) is 11.8 Å². The molecule has 1 atom stereocenters. The van der Waals surface area contributed by atoms with Gasteiger partial charge in [0.1, 0.15) is 6.04 Å².